The van der Waals surface area contributed by atoms with Crippen molar-refractivity contribution in [3.63, 3.8) is 0 Å². The van der Waals surface area contributed by atoms with Gasteiger partial charge in [-0.05, 0) is 30.7 Å². The van der Waals surface area contributed by atoms with Gasteiger partial charge in [-0.1, -0.05) is 11.6 Å². The molecule has 16 heavy (non-hydrogen) atoms. The maximum atomic E-state index is 11.7. The first-order chi connectivity index (χ1) is 7.66. The Labute approximate surface area is 102 Å². The third-order valence-electron chi connectivity index (χ3n) is 2.09. The van der Waals surface area contributed by atoms with E-state index in [4.69, 9.17) is 11.6 Å². The third kappa shape index (κ3) is 2.40. The number of nitrogens with zero attached hydrogens (tertiary/aromatic N) is 1. The predicted molar refractivity (Wildman–Crippen MR) is 66.3 cm³/mol. The molecule has 0 fully saturated rings. The number of benzene rings is 1. The minimum absolute atomic E-state index is 0.145. The Morgan fingerprint density at radius 1 is 1.50 bits per heavy atom. The number of hydrogen-bond acceptors (Lipinski definition) is 3. The lowest BCUT2D eigenvalue weighted by Crippen LogP contribution is -2.11. The van der Waals surface area contributed by atoms with Crippen LogP contribution in [0.3, 0.4) is 0 Å². The van der Waals surface area contributed by atoms with Gasteiger partial charge in [0.1, 0.15) is 4.88 Å². The SMILES string of the molecule is Cc1cc(Cl)ccc1NC(=O)c1cncs1. The molecule has 1 aromatic carbocycles. The van der Waals surface area contributed by atoms with Crippen molar-refractivity contribution >= 4 is 34.5 Å². The van der Waals surface area contributed by atoms with Crippen LogP contribution in [0.5, 0.6) is 0 Å². The van der Waals surface area contributed by atoms with Crippen LogP contribution in [0.15, 0.2) is 29.9 Å². The van der Waals surface area contributed by atoms with Gasteiger partial charge in [-0.15, -0.1) is 11.3 Å². The Balaban J connectivity index is 2.18. The average molecular weight is 253 g/mol. The Hall–Kier alpha value is -1.39. The van der Waals surface area contributed by atoms with Gasteiger partial charge in [-0.25, -0.2) is 0 Å². The highest BCUT2D eigenvalue weighted by Crippen LogP contribution is 2.20. The van der Waals surface area contributed by atoms with Crippen LogP contribution in [0, 0.1) is 6.92 Å². The molecule has 0 saturated heterocycles. The van der Waals surface area contributed by atoms with E-state index < -0.39 is 0 Å². The predicted octanol–water partition coefficient (Wildman–Crippen LogP) is 3.36. The average Bonchev–Trinajstić information content (AvgIpc) is 2.75. The van der Waals surface area contributed by atoms with E-state index in [2.05, 4.69) is 10.3 Å². The first-order valence-electron chi connectivity index (χ1n) is 4.63. The standard InChI is InChI=1S/C11H9ClN2OS/c1-7-4-8(12)2-3-9(7)14-11(15)10-5-13-6-16-10/h2-6H,1H3,(H,14,15). The summed E-state index contributed by atoms with van der Waals surface area (Å²) in [5, 5.41) is 3.47. The molecule has 0 spiro atoms. The number of hydrogen-bond donors (Lipinski definition) is 1. The summed E-state index contributed by atoms with van der Waals surface area (Å²) in [6, 6.07) is 5.34. The van der Waals surface area contributed by atoms with E-state index in [-0.39, 0.29) is 5.91 Å². The first kappa shape index (κ1) is 11.1. The number of rotatable bonds is 2. The van der Waals surface area contributed by atoms with Gasteiger partial charge in [0, 0.05) is 10.7 Å². The second kappa shape index (κ2) is 4.63. The van der Waals surface area contributed by atoms with E-state index >= 15 is 0 Å². The number of carbonyl (C=O) groups is 1. The molecule has 0 aliphatic heterocycles. The van der Waals surface area contributed by atoms with E-state index in [9.17, 15) is 4.79 Å². The molecule has 1 N–H and O–H groups in total. The number of amides is 1. The quantitative estimate of drug-likeness (QED) is 0.891. The highest BCUT2D eigenvalue weighted by atomic mass is 35.5. The number of thiazole rings is 1. The summed E-state index contributed by atoms with van der Waals surface area (Å²) < 4.78 is 0. The highest BCUT2D eigenvalue weighted by Gasteiger charge is 2.08. The minimum Gasteiger partial charge on any atom is -0.321 e. The molecule has 5 heteroatoms. The van der Waals surface area contributed by atoms with E-state index in [1.807, 2.05) is 13.0 Å². The Kier molecular flexibility index (Phi) is 3.22. The number of aryl methyl sites for hydroxylation is 1. The molecule has 1 aromatic heterocycles. The van der Waals surface area contributed by atoms with Gasteiger partial charge in [0.2, 0.25) is 0 Å². The van der Waals surface area contributed by atoms with Crippen molar-refractivity contribution in [3.05, 3.63) is 45.4 Å². The highest BCUT2D eigenvalue weighted by molar-refractivity contribution is 7.11. The summed E-state index contributed by atoms with van der Waals surface area (Å²) in [7, 11) is 0. The molecular formula is C11H9ClN2OS. The molecule has 82 valence electrons. The Bertz CT molecular complexity index is 511. The fourth-order valence-corrected chi connectivity index (χ4v) is 2.02. The van der Waals surface area contributed by atoms with Crippen LogP contribution in [0.2, 0.25) is 5.02 Å². The molecule has 0 saturated carbocycles. The molecule has 1 amide bonds. The van der Waals surface area contributed by atoms with Crippen LogP contribution in [0.1, 0.15) is 15.2 Å². The van der Waals surface area contributed by atoms with Crippen molar-refractivity contribution in [1.29, 1.82) is 0 Å². The maximum Gasteiger partial charge on any atom is 0.267 e. The molecule has 0 aliphatic rings. The summed E-state index contributed by atoms with van der Waals surface area (Å²) in [6.07, 6.45) is 1.55. The second-order valence-corrected chi connectivity index (χ2v) is 4.60. The molecule has 0 bridgehead atoms. The van der Waals surface area contributed by atoms with E-state index in [1.165, 1.54) is 11.3 Å². The molecule has 1 heterocycles. The van der Waals surface area contributed by atoms with Crippen molar-refractivity contribution in [2.45, 2.75) is 6.92 Å². The van der Waals surface area contributed by atoms with E-state index in [1.54, 1.807) is 23.8 Å². The minimum atomic E-state index is -0.145. The van der Waals surface area contributed by atoms with Crippen molar-refractivity contribution < 1.29 is 4.79 Å². The second-order valence-electron chi connectivity index (χ2n) is 3.28. The zero-order valence-electron chi connectivity index (χ0n) is 8.53. The number of anilines is 1. The van der Waals surface area contributed by atoms with Gasteiger partial charge in [0.05, 0.1) is 11.7 Å². The Morgan fingerprint density at radius 3 is 2.94 bits per heavy atom. The van der Waals surface area contributed by atoms with Gasteiger partial charge in [0.15, 0.2) is 0 Å². The molecule has 0 aliphatic carbocycles. The van der Waals surface area contributed by atoms with Crippen LogP contribution in [-0.2, 0) is 0 Å². The lowest BCUT2D eigenvalue weighted by atomic mass is 10.2. The van der Waals surface area contributed by atoms with Crippen molar-refractivity contribution in [3.8, 4) is 0 Å². The van der Waals surface area contributed by atoms with Gasteiger partial charge >= 0.3 is 0 Å². The number of halogens is 1. The summed E-state index contributed by atoms with van der Waals surface area (Å²) in [6.45, 7) is 1.90. The van der Waals surface area contributed by atoms with Crippen molar-refractivity contribution in [2.75, 3.05) is 5.32 Å². The Morgan fingerprint density at radius 2 is 2.31 bits per heavy atom. The van der Waals surface area contributed by atoms with Gasteiger partial charge in [0.25, 0.3) is 5.91 Å². The first-order valence-corrected chi connectivity index (χ1v) is 5.88. The van der Waals surface area contributed by atoms with Crippen LogP contribution in [0.25, 0.3) is 0 Å². The summed E-state index contributed by atoms with van der Waals surface area (Å²) >= 11 is 7.14. The number of nitrogens with one attached hydrogen (secondary N) is 1. The summed E-state index contributed by atoms with van der Waals surface area (Å²) in [5.74, 6) is -0.145. The summed E-state index contributed by atoms with van der Waals surface area (Å²) in [5.41, 5.74) is 3.33. The largest absolute Gasteiger partial charge is 0.321 e. The van der Waals surface area contributed by atoms with Crippen LogP contribution >= 0.6 is 22.9 Å². The topological polar surface area (TPSA) is 42.0 Å². The zero-order valence-corrected chi connectivity index (χ0v) is 10.1. The van der Waals surface area contributed by atoms with Crippen molar-refractivity contribution in [1.82, 2.24) is 4.98 Å². The van der Waals surface area contributed by atoms with Crippen LogP contribution in [0.4, 0.5) is 5.69 Å². The fraction of sp³-hybridized carbons (Fsp3) is 0.0909. The third-order valence-corrected chi connectivity index (χ3v) is 3.10. The number of aromatic nitrogens is 1. The molecule has 2 aromatic rings. The van der Waals surface area contributed by atoms with E-state index in [0.29, 0.717) is 9.90 Å². The van der Waals surface area contributed by atoms with Gasteiger partial charge in [-0.3, -0.25) is 9.78 Å². The number of carbonyl (C=O) groups excluding carboxylic acids is 1. The van der Waals surface area contributed by atoms with Crippen LogP contribution < -0.4 is 5.32 Å². The molecule has 0 unspecified atom stereocenters. The van der Waals surface area contributed by atoms with Gasteiger partial charge in [-0.2, -0.15) is 0 Å². The molecule has 2 rings (SSSR count). The van der Waals surface area contributed by atoms with Crippen molar-refractivity contribution in [2.24, 2.45) is 0 Å². The lowest BCUT2D eigenvalue weighted by Gasteiger charge is -2.07. The molecule has 3 nitrogen and oxygen atoms in total. The monoisotopic (exact) mass is 252 g/mol. The maximum absolute atomic E-state index is 11.7. The normalized spacial score (nSPS) is 10.1. The summed E-state index contributed by atoms with van der Waals surface area (Å²) in [4.78, 5) is 16.2. The lowest BCUT2D eigenvalue weighted by molar-refractivity contribution is 0.103. The van der Waals surface area contributed by atoms with Crippen LogP contribution in [-0.4, -0.2) is 10.9 Å². The zero-order chi connectivity index (χ0) is 11.5. The smallest absolute Gasteiger partial charge is 0.267 e. The molecule has 0 atom stereocenters. The van der Waals surface area contributed by atoms with E-state index in [0.717, 1.165) is 11.3 Å². The van der Waals surface area contributed by atoms with Gasteiger partial charge < -0.3 is 5.32 Å². The molecule has 0 radical (unpaired) electrons. The fourth-order valence-electron chi connectivity index (χ4n) is 1.28. The molecular weight excluding hydrogens is 244 g/mol.